The molecule has 0 amide bonds. The topological polar surface area (TPSA) is 72.5 Å². The van der Waals surface area contributed by atoms with Crippen molar-refractivity contribution in [3.8, 4) is 5.75 Å². The Morgan fingerprint density at radius 3 is 2.38 bits per heavy atom. The Labute approximate surface area is 95.0 Å². The summed E-state index contributed by atoms with van der Waals surface area (Å²) in [6.45, 7) is 2.15. The van der Waals surface area contributed by atoms with E-state index in [0.717, 1.165) is 11.3 Å². The van der Waals surface area contributed by atoms with Crippen molar-refractivity contribution in [3.63, 3.8) is 0 Å². The van der Waals surface area contributed by atoms with Crippen LogP contribution in [-0.2, 0) is 10.2 Å². The Kier molecular flexibility index (Phi) is 3.90. The first-order valence-corrected chi connectivity index (χ1v) is 5.08. The van der Waals surface area contributed by atoms with Crippen LogP contribution in [0.5, 0.6) is 5.75 Å². The van der Waals surface area contributed by atoms with E-state index in [1.54, 1.807) is 7.11 Å². The molecule has 88 valence electrons. The highest BCUT2D eigenvalue weighted by Crippen LogP contribution is 2.28. The van der Waals surface area contributed by atoms with Crippen molar-refractivity contribution in [2.75, 3.05) is 13.7 Å². The number of aliphatic carboxylic acids is 1. The van der Waals surface area contributed by atoms with Crippen LogP contribution in [0.1, 0.15) is 18.9 Å². The van der Waals surface area contributed by atoms with E-state index in [0.29, 0.717) is 6.54 Å². The van der Waals surface area contributed by atoms with Crippen LogP contribution in [0.4, 0.5) is 0 Å². The molecule has 0 bridgehead atoms. The van der Waals surface area contributed by atoms with E-state index in [-0.39, 0.29) is 6.42 Å². The number of rotatable bonds is 5. The molecule has 3 N–H and O–H groups in total. The Hall–Kier alpha value is -1.55. The molecule has 1 rings (SSSR count). The SMILES string of the molecule is COc1ccc(C(C)(CN)CC(=O)O)cc1. The van der Waals surface area contributed by atoms with Gasteiger partial charge in [-0.1, -0.05) is 19.1 Å². The summed E-state index contributed by atoms with van der Waals surface area (Å²) in [5.41, 5.74) is 6.05. The molecule has 0 aromatic heterocycles. The quantitative estimate of drug-likeness (QED) is 0.791. The van der Waals surface area contributed by atoms with Crippen molar-refractivity contribution >= 4 is 5.97 Å². The number of carbonyl (C=O) groups is 1. The molecule has 0 fully saturated rings. The van der Waals surface area contributed by atoms with E-state index in [1.165, 1.54) is 0 Å². The highest BCUT2D eigenvalue weighted by molar-refractivity contribution is 5.69. The van der Waals surface area contributed by atoms with E-state index >= 15 is 0 Å². The molecule has 1 unspecified atom stereocenters. The van der Waals surface area contributed by atoms with Gasteiger partial charge in [-0.15, -0.1) is 0 Å². The van der Waals surface area contributed by atoms with Crippen LogP contribution in [0, 0.1) is 0 Å². The highest BCUT2D eigenvalue weighted by atomic mass is 16.5. The first-order valence-electron chi connectivity index (χ1n) is 5.08. The second kappa shape index (κ2) is 4.99. The van der Waals surface area contributed by atoms with Crippen molar-refractivity contribution in [2.45, 2.75) is 18.8 Å². The maximum absolute atomic E-state index is 10.8. The summed E-state index contributed by atoms with van der Waals surface area (Å²) in [4.78, 5) is 10.8. The van der Waals surface area contributed by atoms with Crippen LogP contribution < -0.4 is 10.5 Å². The van der Waals surface area contributed by atoms with Crippen molar-refractivity contribution in [1.82, 2.24) is 0 Å². The third-order valence-electron chi connectivity index (χ3n) is 2.78. The van der Waals surface area contributed by atoms with Crippen molar-refractivity contribution in [1.29, 1.82) is 0 Å². The van der Waals surface area contributed by atoms with Crippen LogP contribution in [0.3, 0.4) is 0 Å². The van der Waals surface area contributed by atoms with Gasteiger partial charge in [-0.25, -0.2) is 0 Å². The standard InChI is InChI=1S/C12H17NO3/c1-12(8-13,7-11(14)15)9-3-5-10(16-2)6-4-9/h3-6H,7-8,13H2,1-2H3,(H,14,15). The molecule has 1 aromatic rings. The van der Waals surface area contributed by atoms with Crippen LogP contribution in [0.15, 0.2) is 24.3 Å². The maximum Gasteiger partial charge on any atom is 0.304 e. The summed E-state index contributed by atoms with van der Waals surface area (Å²) in [6.07, 6.45) is 0.0236. The molecule has 0 heterocycles. The van der Waals surface area contributed by atoms with E-state index in [2.05, 4.69) is 0 Å². The lowest BCUT2D eigenvalue weighted by Gasteiger charge is -2.26. The molecule has 16 heavy (non-hydrogen) atoms. The van der Waals surface area contributed by atoms with Gasteiger partial charge in [0.2, 0.25) is 0 Å². The predicted molar refractivity (Wildman–Crippen MR) is 61.7 cm³/mol. The molecule has 0 aliphatic rings. The molecule has 0 aliphatic heterocycles. The Bertz CT molecular complexity index is 361. The van der Waals surface area contributed by atoms with Gasteiger partial charge in [-0.2, -0.15) is 0 Å². The third kappa shape index (κ3) is 2.73. The van der Waals surface area contributed by atoms with Gasteiger partial charge in [0, 0.05) is 12.0 Å². The molecular formula is C12H17NO3. The molecule has 0 radical (unpaired) electrons. The average molecular weight is 223 g/mol. The van der Waals surface area contributed by atoms with Gasteiger partial charge < -0.3 is 15.6 Å². The van der Waals surface area contributed by atoms with Crippen molar-refractivity contribution < 1.29 is 14.6 Å². The fourth-order valence-corrected chi connectivity index (χ4v) is 1.62. The average Bonchev–Trinajstić information content (AvgIpc) is 2.28. The molecule has 1 atom stereocenters. The molecule has 0 saturated heterocycles. The van der Waals surface area contributed by atoms with Gasteiger partial charge in [-0.3, -0.25) is 4.79 Å². The molecule has 4 heteroatoms. The summed E-state index contributed by atoms with van der Waals surface area (Å²) >= 11 is 0. The van der Waals surface area contributed by atoms with Gasteiger partial charge in [0.15, 0.2) is 0 Å². The summed E-state index contributed by atoms with van der Waals surface area (Å²) in [6, 6.07) is 7.33. The minimum absolute atomic E-state index is 0.0236. The number of methoxy groups -OCH3 is 1. The predicted octanol–water partition coefficient (Wildman–Crippen LogP) is 1.39. The number of nitrogens with two attached hydrogens (primary N) is 1. The smallest absolute Gasteiger partial charge is 0.304 e. The van der Waals surface area contributed by atoms with Crippen LogP contribution in [-0.4, -0.2) is 24.7 Å². The normalized spacial score (nSPS) is 14.2. The molecule has 4 nitrogen and oxygen atoms in total. The van der Waals surface area contributed by atoms with Gasteiger partial charge in [0.05, 0.1) is 13.5 Å². The number of hydrogen-bond acceptors (Lipinski definition) is 3. The molecular weight excluding hydrogens is 206 g/mol. The lowest BCUT2D eigenvalue weighted by molar-refractivity contribution is -0.138. The molecule has 0 saturated carbocycles. The first kappa shape index (κ1) is 12.5. The Morgan fingerprint density at radius 1 is 1.44 bits per heavy atom. The number of hydrogen-bond donors (Lipinski definition) is 2. The minimum atomic E-state index is -0.844. The van der Waals surface area contributed by atoms with Crippen LogP contribution in [0.2, 0.25) is 0 Å². The lowest BCUT2D eigenvalue weighted by Crippen LogP contribution is -2.34. The summed E-state index contributed by atoms with van der Waals surface area (Å²) in [5.74, 6) is -0.0952. The number of ether oxygens (including phenoxy) is 1. The lowest BCUT2D eigenvalue weighted by atomic mass is 9.79. The molecule has 0 aliphatic carbocycles. The highest BCUT2D eigenvalue weighted by Gasteiger charge is 2.28. The zero-order valence-corrected chi connectivity index (χ0v) is 9.56. The van der Waals surface area contributed by atoms with E-state index in [1.807, 2.05) is 31.2 Å². The van der Waals surface area contributed by atoms with Gasteiger partial charge in [-0.05, 0) is 17.7 Å². The Morgan fingerprint density at radius 2 is 2.00 bits per heavy atom. The second-order valence-corrected chi connectivity index (χ2v) is 4.06. The summed E-state index contributed by atoms with van der Waals surface area (Å²) < 4.78 is 5.05. The monoisotopic (exact) mass is 223 g/mol. The minimum Gasteiger partial charge on any atom is -0.497 e. The van der Waals surface area contributed by atoms with E-state index < -0.39 is 11.4 Å². The second-order valence-electron chi connectivity index (χ2n) is 4.06. The largest absolute Gasteiger partial charge is 0.497 e. The number of benzene rings is 1. The van der Waals surface area contributed by atoms with Crippen molar-refractivity contribution in [3.05, 3.63) is 29.8 Å². The Balaban J connectivity index is 2.98. The maximum atomic E-state index is 10.8. The zero-order chi connectivity index (χ0) is 12.2. The number of carboxylic acid groups (broad SMARTS) is 1. The third-order valence-corrected chi connectivity index (χ3v) is 2.78. The zero-order valence-electron chi connectivity index (χ0n) is 9.56. The van der Waals surface area contributed by atoms with Gasteiger partial charge in [0.25, 0.3) is 0 Å². The summed E-state index contributed by atoms with van der Waals surface area (Å²) in [7, 11) is 1.59. The van der Waals surface area contributed by atoms with E-state index in [9.17, 15) is 4.79 Å². The molecule has 1 aromatic carbocycles. The van der Waals surface area contributed by atoms with Gasteiger partial charge >= 0.3 is 5.97 Å². The fraction of sp³-hybridized carbons (Fsp3) is 0.417. The van der Waals surface area contributed by atoms with Gasteiger partial charge in [0.1, 0.15) is 5.75 Å². The first-order chi connectivity index (χ1) is 7.51. The summed E-state index contributed by atoms with van der Waals surface area (Å²) in [5, 5.41) is 8.86. The molecule has 0 spiro atoms. The van der Waals surface area contributed by atoms with Crippen molar-refractivity contribution in [2.24, 2.45) is 5.73 Å². The van der Waals surface area contributed by atoms with Crippen LogP contribution >= 0.6 is 0 Å². The fourth-order valence-electron chi connectivity index (χ4n) is 1.62. The number of carboxylic acids is 1. The van der Waals surface area contributed by atoms with Crippen LogP contribution in [0.25, 0.3) is 0 Å². The van der Waals surface area contributed by atoms with E-state index in [4.69, 9.17) is 15.6 Å².